The SMILES string of the molecule is CC(=O)OCC(=O)N(C)CC(=O)OC(C)OC(=O)N(C)CCc1ccccn1.CCCC. The minimum atomic E-state index is -1.13. The summed E-state index contributed by atoms with van der Waals surface area (Å²) in [6, 6.07) is 5.51. The van der Waals surface area contributed by atoms with Crippen LogP contribution in [0.2, 0.25) is 0 Å². The highest BCUT2D eigenvalue weighted by molar-refractivity contribution is 5.84. The van der Waals surface area contributed by atoms with E-state index < -0.39 is 36.8 Å². The zero-order valence-electron chi connectivity index (χ0n) is 19.8. The van der Waals surface area contributed by atoms with Gasteiger partial charge in [-0.1, -0.05) is 32.8 Å². The van der Waals surface area contributed by atoms with Gasteiger partial charge in [0.2, 0.25) is 6.29 Å². The van der Waals surface area contributed by atoms with Crippen molar-refractivity contribution in [2.45, 2.75) is 53.2 Å². The molecule has 0 aromatic carbocycles. The van der Waals surface area contributed by atoms with Gasteiger partial charge in [0.25, 0.3) is 5.91 Å². The molecule has 0 saturated carbocycles. The monoisotopic (exact) mass is 453 g/mol. The third kappa shape index (κ3) is 13.9. The van der Waals surface area contributed by atoms with Crippen LogP contribution in [0.5, 0.6) is 0 Å². The number of amides is 2. The number of hydrogen-bond donors (Lipinski definition) is 0. The van der Waals surface area contributed by atoms with Gasteiger partial charge < -0.3 is 24.0 Å². The Morgan fingerprint density at radius 3 is 2.22 bits per heavy atom. The number of carbonyl (C=O) groups is 4. The van der Waals surface area contributed by atoms with Crippen molar-refractivity contribution < 1.29 is 33.4 Å². The van der Waals surface area contributed by atoms with E-state index in [1.165, 1.54) is 38.6 Å². The summed E-state index contributed by atoms with van der Waals surface area (Å²) in [5.41, 5.74) is 0.836. The minimum Gasteiger partial charge on any atom is -0.456 e. The lowest BCUT2D eigenvalue weighted by Crippen LogP contribution is -2.38. The molecular weight excluding hydrogens is 418 g/mol. The summed E-state index contributed by atoms with van der Waals surface area (Å²) in [5, 5.41) is 0. The van der Waals surface area contributed by atoms with Crippen LogP contribution in [-0.2, 0) is 35.0 Å². The fraction of sp³-hybridized carbons (Fsp3) is 0.591. The lowest BCUT2D eigenvalue weighted by atomic mass is 10.2. The summed E-state index contributed by atoms with van der Waals surface area (Å²) in [4.78, 5) is 52.7. The summed E-state index contributed by atoms with van der Waals surface area (Å²) < 4.78 is 14.6. The van der Waals surface area contributed by atoms with Crippen molar-refractivity contribution in [1.82, 2.24) is 14.8 Å². The van der Waals surface area contributed by atoms with Crippen LogP contribution in [-0.4, -0.2) is 78.8 Å². The zero-order valence-corrected chi connectivity index (χ0v) is 19.8. The van der Waals surface area contributed by atoms with Crippen molar-refractivity contribution >= 4 is 23.9 Å². The van der Waals surface area contributed by atoms with Crippen molar-refractivity contribution in [3.63, 3.8) is 0 Å². The Balaban J connectivity index is 0.00000220. The van der Waals surface area contributed by atoms with E-state index in [2.05, 4.69) is 23.6 Å². The number of likely N-dealkylation sites (N-methyl/N-ethyl adjacent to an activating group) is 2. The molecule has 1 aromatic heterocycles. The van der Waals surface area contributed by atoms with E-state index in [1.54, 1.807) is 19.3 Å². The van der Waals surface area contributed by atoms with Crippen molar-refractivity contribution in [1.29, 1.82) is 0 Å². The largest absolute Gasteiger partial charge is 0.456 e. The van der Waals surface area contributed by atoms with Crippen LogP contribution in [0.3, 0.4) is 0 Å². The van der Waals surface area contributed by atoms with Gasteiger partial charge >= 0.3 is 18.0 Å². The van der Waals surface area contributed by atoms with Gasteiger partial charge in [-0.05, 0) is 12.1 Å². The molecule has 0 spiro atoms. The van der Waals surface area contributed by atoms with E-state index in [4.69, 9.17) is 9.47 Å². The first-order valence-corrected chi connectivity index (χ1v) is 10.5. The fourth-order valence-corrected chi connectivity index (χ4v) is 1.95. The van der Waals surface area contributed by atoms with Crippen LogP contribution in [0.15, 0.2) is 24.4 Å². The summed E-state index contributed by atoms with van der Waals surface area (Å²) in [6.45, 7) is 6.46. The molecule has 1 rings (SSSR count). The Morgan fingerprint density at radius 1 is 1.03 bits per heavy atom. The molecule has 0 aliphatic rings. The van der Waals surface area contributed by atoms with Crippen LogP contribution < -0.4 is 0 Å². The van der Waals surface area contributed by atoms with E-state index in [1.807, 2.05) is 12.1 Å². The molecule has 1 unspecified atom stereocenters. The number of unbranched alkanes of at least 4 members (excludes halogenated alkanes) is 1. The highest BCUT2D eigenvalue weighted by Crippen LogP contribution is 2.02. The molecule has 0 saturated heterocycles. The Bertz CT molecular complexity index is 711. The normalized spacial score (nSPS) is 10.7. The molecule has 0 fully saturated rings. The summed E-state index contributed by atoms with van der Waals surface area (Å²) >= 11 is 0. The van der Waals surface area contributed by atoms with Crippen LogP contribution >= 0.6 is 0 Å². The molecule has 0 radical (unpaired) electrons. The number of ether oxygens (including phenoxy) is 3. The first-order chi connectivity index (χ1) is 15.1. The molecule has 180 valence electrons. The van der Waals surface area contributed by atoms with Gasteiger partial charge in [0.1, 0.15) is 6.54 Å². The lowest BCUT2D eigenvalue weighted by molar-refractivity contribution is -0.168. The van der Waals surface area contributed by atoms with Crippen LogP contribution in [0, 0.1) is 0 Å². The molecule has 2 amide bonds. The fourth-order valence-electron chi connectivity index (χ4n) is 1.95. The second-order valence-corrected chi connectivity index (χ2v) is 6.96. The highest BCUT2D eigenvalue weighted by atomic mass is 16.7. The molecule has 0 aliphatic heterocycles. The second-order valence-electron chi connectivity index (χ2n) is 6.96. The number of pyridine rings is 1. The maximum absolute atomic E-state index is 12.0. The molecule has 1 aromatic rings. The Kier molecular flexibility index (Phi) is 14.9. The van der Waals surface area contributed by atoms with E-state index in [9.17, 15) is 19.2 Å². The molecular formula is C22H35N3O7. The average Bonchev–Trinajstić information content (AvgIpc) is 2.76. The van der Waals surface area contributed by atoms with Crippen molar-refractivity contribution in [3.05, 3.63) is 30.1 Å². The molecule has 1 atom stereocenters. The third-order valence-corrected chi connectivity index (χ3v) is 4.00. The molecule has 10 nitrogen and oxygen atoms in total. The molecule has 1 heterocycles. The number of nitrogens with zero attached hydrogens (tertiary/aromatic N) is 3. The molecule has 0 bridgehead atoms. The zero-order chi connectivity index (χ0) is 24.5. The standard InChI is InChI=1S/C18H25N3O7.C4H10/c1-13(22)26-12-16(23)21(4)11-17(24)27-14(2)28-18(25)20(3)10-8-15-7-5-6-9-19-15;1-3-4-2/h5-7,9,14H,8,10-12H2,1-4H3;3-4H2,1-2H3. The van der Waals surface area contributed by atoms with Crippen molar-refractivity contribution in [2.24, 2.45) is 0 Å². The highest BCUT2D eigenvalue weighted by Gasteiger charge is 2.20. The maximum Gasteiger partial charge on any atom is 0.412 e. The number of hydrogen-bond acceptors (Lipinski definition) is 8. The van der Waals surface area contributed by atoms with Gasteiger partial charge in [-0.2, -0.15) is 0 Å². The predicted octanol–water partition coefficient (Wildman–Crippen LogP) is 2.41. The lowest BCUT2D eigenvalue weighted by Gasteiger charge is -2.21. The number of carbonyl (C=O) groups excluding carboxylic acids is 4. The maximum atomic E-state index is 12.0. The van der Waals surface area contributed by atoms with E-state index in [-0.39, 0.29) is 6.54 Å². The van der Waals surface area contributed by atoms with Gasteiger partial charge in [0.15, 0.2) is 6.61 Å². The van der Waals surface area contributed by atoms with E-state index in [0.29, 0.717) is 13.0 Å². The number of esters is 2. The van der Waals surface area contributed by atoms with E-state index >= 15 is 0 Å². The Labute approximate surface area is 189 Å². The molecule has 0 aliphatic carbocycles. The van der Waals surface area contributed by atoms with Gasteiger partial charge in [-0.25, -0.2) is 4.79 Å². The summed E-state index contributed by atoms with van der Waals surface area (Å²) in [7, 11) is 2.91. The van der Waals surface area contributed by atoms with Gasteiger partial charge in [0.05, 0.1) is 0 Å². The van der Waals surface area contributed by atoms with Gasteiger partial charge in [-0.15, -0.1) is 0 Å². The topological polar surface area (TPSA) is 115 Å². The average molecular weight is 454 g/mol. The van der Waals surface area contributed by atoms with Crippen LogP contribution in [0.25, 0.3) is 0 Å². The van der Waals surface area contributed by atoms with Crippen molar-refractivity contribution in [2.75, 3.05) is 33.8 Å². The Morgan fingerprint density at radius 2 is 1.69 bits per heavy atom. The van der Waals surface area contributed by atoms with Crippen molar-refractivity contribution in [3.8, 4) is 0 Å². The van der Waals surface area contributed by atoms with Crippen LogP contribution in [0.4, 0.5) is 4.79 Å². The Hall–Kier alpha value is -3.17. The quantitative estimate of drug-likeness (QED) is 0.392. The third-order valence-electron chi connectivity index (χ3n) is 4.00. The minimum absolute atomic E-state index is 0.377. The smallest absolute Gasteiger partial charge is 0.412 e. The molecule has 32 heavy (non-hydrogen) atoms. The van der Waals surface area contributed by atoms with E-state index in [0.717, 1.165) is 10.6 Å². The number of aromatic nitrogens is 1. The molecule has 10 heteroatoms. The predicted molar refractivity (Wildman–Crippen MR) is 117 cm³/mol. The first kappa shape index (κ1) is 28.8. The number of rotatable bonds is 10. The summed E-state index contributed by atoms with van der Waals surface area (Å²) in [5.74, 6) is -1.93. The van der Waals surface area contributed by atoms with Gasteiger partial charge in [0, 0.05) is 52.8 Å². The molecule has 0 N–H and O–H groups in total. The summed E-state index contributed by atoms with van der Waals surface area (Å²) in [6.07, 6.45) is 3.07. The van der Waals surface area contributed by atoms with Gasteiger partial charge in [-0.3, -0.25) is 19.4 Å². The second kappa shape index (κ2) is 16.5. The first-order valence-electron chi connectivity index (χ1n) is 10.5. The van der Waals surface area contributed by atoms with Crippen LogP contribution in [0.1, 0.15) is 46.2 Å².